The molecule has 2 aromatic carbocycles. The molecule has 0 saturated carbocycles. The van der Waals surface area contributed by atoms with Crippen LogP contribution in [0.1, 0.15) is 5.56 Å². The van der Waals surface area contributed by atoms with Gasteiger partial charge in [-0.25, -0.2) is 4.39 Å². The van der Waals surface area contributed by atoms with E-state index in [0.717, 1.165) is 16.5 Å². The fourth-order valence-electron chi connectivity index (χ4n) is 2.86. The number of benzene rings is 2. The van der Waals surface area contributed by atoms with Gasteiger partial charge in [-0.15, -0.1) is 5.10 Å². The number of pyridine rings is 1. The number of fused-ring (bicyclic) bond motifs is 1. The van der Waals surface area contributed by atoms with Crippen LogP contribution in [-0.4, -0.2) is 39.4 Å². The van der Waals surface area contributed by atoms with E-state index in [1.165, 1.54) is 23.9 Å². The Morgan fingerprint density at radius 3 is 2.82 bits per heavy atom. The molecule has 0 aliphatic heterocycles. The zero-order valence-corrected chi connectivity index (χ0v) is 16.0. The quantitative estimate of drug-likeness (QED) is 0.460. The zero-order chi connectivity index (χ0) is 19.5. The zero-order valence-electron chi connectivity index (χ0n) is 15.2. The average Bonchev–Trinajstić information content (AvgIpc) is 3.19. The summed E-state index contributed by atoms with van der Waals surface area (Å²) in [6.45, 7) is 0. The molecule has 4 rings (SSSR count). The second-order valence-electron chi connectivity index (χ2n) is 5.84. The molecule has 0 unspecified atom stereocenters. The van der Waals surface area contributed by atoms with Crippen LogP contribution in [0.4, 0.5) is 4.39 Å². The highest BCUT2D eigenvalue weighted by Gasteiger charge is 2.16. The molecule has 0 aliphatic rings. The van der Waals surface area contributed by atoms with E-state index in [1.54, 1.807) is 49.4 Å². The molecule has 0 amide bonds. The number of hydrogen-bond donors (Lipinski definition) is 0. The summed E-state index contributed by atoms with van der Waals surface area (Å²) in [6.07, 6.45) is 1.69. The number of methoxy groups -OCH3 is 2. The molecule has 0 atom stereocenters. The van der Waals surface area contributed by atoms with Crippen molar-refractivity contribution >= 4 is 22.7 Å². The van der Waals surface area contributed by atoms with Crippen LogP contribution in [0, 0.1) is 5.82 Å². The Balaban J connectivity index is 1.67. The SMILES string of the molecule is COc1ccc(OC)c(-n2nnnc2SCc2cc(F)cc3cccnc23)c1. The van der Waals surface area contributed by atoms with E-state index in [-0.39, 0.29) is 5.82 Å². The summed E-state index contributed by atoms with van der Waals surface area (Å²) in [5.74, 6) is 1.42. The van der Waals surface area contributed by atoms with Gasteiger partial charge >= 0.3 is 0 Å². The molecule has 2 aromatic heterocycles. The first kappa shape index (κ1) is 18.2. The lowest BCUT2D eigenvalue weighted by molar-refractivity contribution is 0.399. The molecule has 0 bridgehead atoms. The van der Waals surface area contributed by atoms with Crippen molar-refractivity contribution in [1.29, 1.82) is 0 Å². The third-order valence-electron chi connectivity index (χ3n) is 4.16. The summed E-state index contributed by atoms with van der Waals surface area (Å²) < 4.78 is 26.3. The van der Waals surface area contributed by atoms with Gasteiger partial charge in [-0.1, -0.05) is 17.8 Å². The molecule has 0 saturated heterocycles. The Kier molecular flexibility index (Phi) is 5.07. The van der Waals surface area contributed by atoms with Crippen LogP contribution in [0.25, 0.3) is 16.6 Å². The van der Waals surface area contributed by atoms with Gasteiger partial charge in [0.15, 0.2) is 0 Å². The van der Waals surface area contributed by atoms with Crippen LogP contribution in [0.3, 0.4) is 0 Å². The van der Waals surface area contributed by atoms with E-state index in [2.05, 4.69) is 20.5 Å². The number of ether oxygens (including phenoxy) is 2. The maximum atomic E-state index is 14.0. The first-order chi connectivity index (χ1) is 13.7. The Morgan fingerprint density at radius 1 is 1.11 bits per heavy atom. The summed E-state index contributed by atoms with van der Waals surface area (Å²) in [6, 6.07) is 12.0. The summed E-state index contributed by atoms with van der Waals surface area (Å²) >= 11 is 1.38. The minimum absolute atomic E-state index is 0.301. The molecule has 7 nitrogen and oxygen atoms in total. The summed E-state index contributed by atoms with van der Waals surface area (Å²) in [5.41, 5.74) is 2.18. The van der Waals surface area contributed by atoms with Gasteiger partial charge in [0.2, 0.25) is 5.16 Å². The number of thioether (sulfide) groups is 1. The van der Waals surface area contributed by atoms with E-state index in [1.807, 2.05) is 6.07 Å². The van der Waals surface area contributed by atoms with Gasteiger partial charge in [-0.2, -0.15) is 4.68 Å². The third kappa shape index (κ3) is 3.48. The average molecular weight is 397 g/mol. The predicted molar refractivity (Wildman–Crippen MR) is 104 cm³/mol. The Hall–Kier alpha value is -3.20. The molecule has 0 aliphatic carbocycles. The molecule has 142 valence electrons. The Labute approximate surface area is 164 Å². The van der Waals surface area contributed by atoms with Gasteiger partial charge in [-0.3, -0.25) is 4.98 Å². The smallest absolute Gasteiger partial charge is 0.214 e. The van der Waals surface area contributed by atoms with Crippen molar-refractivity contribution in [2.45, 2.75) is 10.9 Å². The van der Waals surface area contributed by atoms with Gasteiger partial charge in [0, 0.05) is 23.4 Å². The maximum Gasteiger partial charge on any atom is 0.214 e. The fourth-order valence-corrected chi connectivity index (χ4v) is 3.72. The molecule has 9 heteroatoms. The molecular weight excluding hydrogens is 381 g/mol. The monoisotopic (exact) mass is 397 g/mol. The largest absolute Gasteiger partial charge is 0.497 e. The summed E-state index contributed by atoms with van der Waals surface area (Å²) in [5, 5.41) is 13.2. The molecule has 0 radical (unpaired) electrons. The second kappa shape index (κ2) is 7.81. The van der Waals surface area contributed by atoms with E-state index >= 15 is 0 Å². The Morgan fingerprint density at radius 2 is 2.00 bits per heavy atom. The van der Waals surface area contributed by atoms with E-state index in [9.17, 15) is 4.39 Å². The lowest BCUT2D eigenvalue weighted by Gasteiger charge is -2.11. The van der Waals surface area contributed by atoms with Crippen LogP contribution in [0.15, 0.2) is 53.8 Å². The number of aromatic nitrogens is 5. The predicted octanol–water partition coefficient (Wildman–Crippen LogP) is 3.66. The van der Waals surface area contributed by atoms with Crippen LogP contribution in [-0.2, 0) is 5.75 Å². The number of rotatable bonds is 6. The Bertz CT molecular complexity index is 1130. The van der Waals surface area contributed by atoms with Crippen molar-refractivity contribution in [2.24, 2.45) is 0 Å². The highest BCUT2D eigenvalue weighted by Crippen LogP contribution is 2.31. The molecule has 2 heterocycles. The van der Waals surface area contributed by atoms with Gasteiger partial charge < -0.3 is 9.47 Å². The van der Waals surface area contributed by atoms with Gasteiger partial charge in [0.05, 0.1) is 19.7 Å². The lowest BCUT2D eigenvalue weighted by atomic mass is 10.1. The standard InChI is InChI=1S/C19H16FN5O2S/c1-26-15-5-6-17(27-2)16(10-15)25-19(22-23-24-25)28-11-13-9-14(20)8-12-4-3-7-21-18(12)13/h3-10H,11H2,1-2H3. The number of nitrogens with zero attached hydrogens (tertiary/aromatic N) is 5. The third-order valence-corrected chi connectivity index (χ3v) is 5.13. The molecule has 0 spiro atoms. The molecular formula is C19H16FN5O2S. The molecule has 0 N–H and O–H groups in total. The number of hydrogen-bond acceptors (Lipinski definition) is 7. The van der Waals surface area contributed by atoms with Crippen LogP contribution < -0.4 is 9.47 Å². The minimum Gasteiger partial charge on any atom is -0.497 e. The summed E-state index contributed by atoms with van der Waals surface area (Å²) in [4.78, 5) is 4.38. The lowest BCUT2D eigenvalue weighted by Crippen LogP contribution is -2.03. The van der Waals surface area contributed by atoms with E-state index < -0.39 is 0 Å². The van der Waals surface area contributed by atoms with Crippen LogP contribution >= 0.6 is 11.8 Å². The summed E-state index contributed by atoms with van der Waals surface area (Å²) in [7, 11) is 3.16. The van der Waals surface area contributed by atoms with Crippen LogP contribution in [0.2, 0.25) is 0 Å². The topological polar surface area (TPSA) is 75.0 Å². The normalized spacial score (nSPS) is 11.0. The van der Waals surface area contributed by atoms with E-state index in [4.69, 9.17) is 9.47 Å². The molecule has 28 heavy (non-hydrogen) atoms. The van der Waals surface area contributed by atoms with Crippen molar-refractivity contribution < 1.29 is 13.9 Å². The molecule has 0 fully saturated rings. The van der Waals surface area contributed by atoms with Crippen LogP contribution in [0.5, 0.6) is 11.5 Å². The van der Waals surface area contributed by atoms with Gasteiger partial charge in [0.25, 0.3) is 0 Å². The van der Waals surface area contributed by atoms with Crippen molar-refractivity contribution in [2.75, 3.05) is 14.2 Å². The van der Waals surface area contributed by atoms with Crippen molar-refractivity contribution in [3.8, 4) is 17.2 Å². The highest BCUT2D eigenvalue weighted by atomic mass is 32.2. The maximum absolute atomic E-state index is 14.0. The van der Waals surface area contributed by atoms with Crippen molar-refractivity contribution in [3.05, 3.63) is 60.0 Å². The van der Waals surface area contributed by atoms with Gasteiger partial charge in [0.1, 0.15) is 23.0 Å². The first-order valence-corrected chi connectivity index (χ1v) is 9.35. The first-order valence-electron chi connectivity index (χ1n) is 8.36. The van der Waals surface area contributed by atoms with E-state index in [0.29, 0.717) is 28.1 Å². The molecule has 4 aromatic rings. The highest BCUT2D eigenvalue weighted by molar-refractivity contribution is 7.98. The second-order valence-corrected chi connectivity index (χ2v) is 6.78. The number of tetrazole rings is 1. The van der Waals surface area contributed by atoms with Crippen molar-refractivity contribution in [3.63, 3.8) is 0 Å². The minimum atomic E-state index is -0.301. The van der Waals surface area contributed by atoms with Gasteiger partial charge in [-0.05, 0) is 46.3 Å². The van der Waals surface area contributed by atoms with Crippen molar-refractivity contribution in [1.82, 2.24) is 25.2 Å². The number of halogens is 1. The fraction of sp³-hybridized carbons (Fsp3) is 0.158.